The van der Waals surface area contributed by atoms with E-state index in [0.29, 0.717) is 32.6 Å². The molecule has 1 saturated carbocycles. The third kappa shape index (κ3) is 3.51. The van der Waals surface area contributed by atoms with Gasteiger partial charge in [0.2, 0.25) is 5.91 Å². The fourth-order valence-corrected chi connectivity index (χ4v) is 3.46. The Labute approximate surface area is 121 Å². The van der Waals surface area contributed by atoms with Gasteiger partial charge in [0.15, 0.2) is 0 Å². The minimum absolute atomic E-state index is 0.00666. The van der Waals surface area contributed by atoms with E-state index in [-0.39, 0.29) is 23.8 Å². The number of carbonyl (C=O) groups is 1. The van der Waals surface area contributed by atoms with Crippen molar-refractivity contribution in [3.63, 3.8) is 0 Å². The second-order valence-electron chi connectivity index (χ2n) is 6.59. The van der Waals surface area contributed by atoms with Crippen LogP contribution in [-0.2, 0) is 9.53 Å². The SMILES string of the molecule is CC1C(N)CCCC1C(=O)N(C)CC1(O)CCOCC1. The Hall–Kier alpha value is -0.650. The van der Waals surface area contributed by atoms with E-state index in [9.17, 15) is 9.90 Å². The molecule has 2 rings (SSSR count). The van der Waals surface area contributed by atoms with Crippen LogP contribution < -0.4 is 5.73 Å². The Balaban J connectivity index is 1.94. The average molecular weight is 284 g/mol. The minimum Gasteiger partial charge on any atom is -0.388 e. The summed E-state index contributed by atoms with van der Waals surface area (Å²) in [5.74, 6) is 0.364. The molecule has 1 amide bonds. The summed E-state index contributed by atoms with van der Waals surface area (Å²) < 4.78 is 5.27. The Morgan fingerprint density at radius 1 is 1.40 bits per heavy atom. The maximum Gasteiger partial charge on any atom is 0.225 e. The van der Waals surface area contributed by atoms with Crippen LogP contribution in [-0.4, -0.2) is 54.4 Å². The highest BCUT2D eigenvalue weighted by Crippen LogP contribution is 2.31. The van der Waals surface area contributed by atoms with Gasteiger partial charge in [-0.1, -0.05) is 13.3 Å². The lowest BCUT2D eigenvalue weighted by atomic mass is 9.76. The fourth-order valence-electron chi connectivity index (χ4n) is 3.46. The van der Waals surface area contributed by atoms with Gasteiger partial charge in [0.1, 0.15) is 0 Å². The lowest BCUT2D eigenvalue weighted by molar-refractivity contribution is -0.143. The van der Waals surface area contributed by atoms with Crippen molar-refractivity contribution in [2.24, 2.45) is 17.6 Å². The maximum atomic E-state index is 12.6. The first-order valence-electron chi connectivity index (χ1n) is 7.74. The first-order valence-corrected chi connectivity index (χ1v) is 7.74. The van der Waals surface area contributed by atoms with Gasteiger partial charge >= 0.3 is 0 Å². The standard InChI is InChI=1S/C15H28N2O3/c1-11-12(4-3-5-13(11)16)14(18)17(2)10-15(19)6-8-20-9-7-15/h11-13,19H,3-10,16H2,1-2H3. The number of likely N-dealkylation sites (N-methyl/N-ethyl adjacent to an activating group) is 1. The van der Waals surface area contributed by atoms with Crippen molar-refractivity contribution >= 4 is 5.91 Å². The van der Waals surface area contributed by atoms with Crippen LogP contribution in [0.2, 0.25) is 0 Å². The van der Waals surface area contributed by atoms with Crippen molar-refractivity contribution < 1.29 is 14.6 Å². The van der Waals surface area contributed by atoms with E-state index >= 15 is 0 Å². The summed E-state index contributed by atoms with van der Waals surface area (Å²) in [5.41, 5.74) is 5.29. The normalized spacial score (nSPS) is 33.7. The van der Waals surface area contributed by atoms with E-state index in [1.165, 1.54) is 0 Å². The van der Waals surface area contributed by atoms with Crippen LogP contribution in [0.15, 0.2) is 0 Å². The lowest BCUT2D eigenvalue weighted by Gasteiger charge is -2.39. The maximum absolute atomic E-state index is 12.6. The van der Waals surface area contributed by atoms with Crippen molar-refractivity contribution in [3.05, 3.63) is 0 Å². The van der Waals surface area contributed by atoms with Crippen molar-refractivity contribution in [1.29, 1.82) is 0 Å². The largest absolute Gasteiger partial charge is 0.388 e. The number of rotatable bonds is 3. The number of hydrogen-bond acceptors (Lipinski definition) is 4. The Bertz CT molecular complexity index is 342. The minimum atomic E-state index is -0.789. The molecule has 0 spiro atoms. The topological polar surface area (TPSA) is 75.8 Å². The van der Waals surface area contributed by atoms with Gasteiger partial charge in [0.05, 0.1) is 5.60 Å². The number of aliphatic hydroxyl groups is 1. The number of amides is 1. The predicted octanol–water partition coefficient (Wildman–Crippen LogP) is 0.750. The second-order valence-corrected chi connectivity index (χ2v) is 6.59. The van der Waals surface area contributed by atoms with Crippen molar-refractivity contribution in [3.8, 4) is 0 Å². The number of hydrogen-bond donors (Lipinski definition) is 2. The van der Waals surface area contributed by atoms with E-state index in [0.717, 1.165) is 19.3 Å². The summed E-state index contributed by atoms with van der Waals surface area (Å²) in [5, 5.41) is 10.5. The first kappa shape index (κ1) is 15.7. The molecule has 116 valence electrons. The third-order valence-electron chi connectivity index (χ3n) is 5.01. The van der Waals surface area contributed by atoms with Crippen molar-refractivity contribution in [2.75, 3.05) is 26.8 Å². The molecule has 0 aromatic carbocycles. The van der Waals surface area contributed by atoms with Gasteiger partial charge in [-0.3, -0.25) is 4.79 Å². The second kappa shape index (κ2) is 6.41. The highest BCUT2D eigenvalue weighted by Gasteiger charge is 2.37. The molecule has 2 aliphatic rings. The molecule has 0 aromatic rings. The molecular weight excluding hydrogens is 256 g/mol. The monoisotopic (exact) mass is 284 g/mol. The van der Waals surface area contributed by atoms with E-state index in [1.54, 1.807) is 11.9 Å². The van der Waals surface area contributed by atoms with E-state index in [1.807, 2.05) is 0 Å². The molecular formula is C15H28N2O3. The van der Waals surface area contributed by atoms with Crippen molar-refractivity contribution in [2.45, 2.75) is 50.7 Å². The Morgan fingerprint density at radius 3 is 2.70 bits per heavy atom. The van der Waals surface area contributed by atoms with Crippen molar-refractivity contribution in [1.82, 2.24) is 4.90 Å². The molecule has 20 heavy (non-hydrogen) atoms. The lowest BCUT2D eigenvalue weighted by Crippen LogP contribution is -2.51. The fraction of sp³-hybridized carbons (Fsp3) is 0.933. The molecule has 0 bridgehead atoms. The van der Waals surface area contributed by atoms with Crippen LogP contribution in [0.5, 0.6) is 0 Å². The summed E-state index contributed by atoms with van der Waals surface area (Å²) in [7, 11) is 1.79. The molecule has 1 saturated heterocycles. The summed E-state index contributed by atoms with van der Waals surface area (Å²) >= 11 is 0. The molecule has 3 atom stereocenters. The highest BCUT2D eigenvalue weighted by atomic mass is 16.5. The van der Waals surface area contributed by atoms with E-state index in [2.05, 4.69) is 6.92 Å². The zero-order valence-corrected chi connectivity index (χ0v) is 12.7. The molecule has 3 unspecified atom stereocenters. The van der Waals surface area contributed by atoms with Gasteiger partial charge in [0, 0.05) is 51.6 Å². The van der Waals surface area contributed by atoms with Crippen LogP contribution in [0.1, 0.15) is 39.0 Å². The Kier molecular flexibility index (Phi) is 5.04. The summed E-state index contributed by atoms with van der Waals surface area (Å²) in [6, 6.07) is 0.122. The third-order valence-corrected chi connectivity index (χ3v) is 5.01. The molecule has 5 nitrogen and oxygen atoms in total. The van der Waals surface area contributed by atoms with E-state index in [4.69, 9.17) is 10.5 Å². The van der Waals surface area contributed by atoms with Gasteiger partial charge in [-0.25, -0.2) is 0 Å². The molecule has 1 heterocycles. The van der Waals surface area contributed by atoms with Crippen LogP contribution in [0, 0.1) is 11.8 Å². The van der Waals surface area contributed by atoms with Gasteiger partial charge in [-0.2, -0.15) is 0 Å². The molecule has 3 N–H and O–H groups in total. The zero-order valence-electron chi connectivity index (χ0n) is 12.7. The quantitative estimate of drug-likeness (QED) is 0.802. The van der Waals surface area contributed by atoms with E-state index < -0.39 is 5.60 Å². The van der Waals surface area contributed by atoms with Gasteiger partial charge in [-0.15, -0.1) is 0 Å². The van der Waals surface area contributed by atoms with Gasteiger partial charge < -0.3 is 20.5 Å². The summed E-state index contributed by atoms with van der Waals surface area (Å²) in [4.78, 5) is 14.3. The molecule has 5 heteroatoms. The number of nitrogens with two attached hydrogens (primary N) is 1. The van der Waals surface area contributed by atoms with Crippen LogP contribution in [0.25, 0.3) is 0 Å². The van der Waals surface area contributed by atoms with Crippen LogP contribution in [0.4, 0.5) is 0 Å². The summed E-state index contributed by atoms with van der Waals surface area (Å²) in [6.07, 6.45) is 4.15. The van der Waals surface area contributed by atoms with Crippen LogP contribution >= 0.6 is 0 Å². The molecule has 1 aliphatic carbocycles. The smallest absolute Gasteiger partial charge is 0.225 e. The molecule has 1 aliphatic heterocycles. The molecule has 0 radical (unpaired) electrons. The number of carbonyl (C=O) groups excluding carboxylic acids is 1. The summed E-state index contributed by atoms with van der Waals surface area (Å²) in [6.45, 7) is 3.61. The number of nitrogens with zero attached hydrogens (tertiary/aromatic N) is 1. The first-order chi connectivity index (χ1) is 9.43. The van der Waals surface area contributed by atoms with Gasteiger partial charge in [-0.05, 0) is 18.8 Å². The molecule has 0 aromatic heterocycles. The number of ether oxygens (including phenoxy) is 1. The molecule has 2 fully saturated rings. The van der Waals surface area contributed by atoms with Gasteiger partial charge in [0.25, 0.3) is 0 Å². The van der Waals surface area contributed by atoms with Crippen LogP contribution in [0.3, 0.4) is 0 Å². The zero-order chi connectivity index (χ0) is 14.8. The predicted molar refractivity (Wildman–Crippen MR) is 77.1 cm³/mol. The average Bonchev–Trinajstić information content (AvgIpc) is 2.41. The highest BCUT2D eigenvalue weighted by molar-refractivity contribution is 5.79. The Morgan fingerprint density at radius 2 is 2.05 bits per heavy atom.